The van der Waals surface area contributed by atoms with Crippen molar-refractivity contribution in [3.63, 3.8) is 0 Å². The molecule has 0 spiro atoms. The highest BCUT2D eigenvalue weighted by molar-refractivity contribution is 5.74. The fourth-order valence-electron chi connectivity index (χ4n) is 3.03. The van der Waals surface area contributed by atoms with Crippen LogP contribution in [0.15, 0.2) is 24.3 Å². The number of rotatable bonds is 6. The predicted molar refractivity (Wildman–Crippen MR) is 92.7 cm³/mol. The van der Waals surface area contributed by atoms with Crippen LogP contribution in [0.1, 0.15) is 37.0 Å². The van der Waals surface area contributed by atoms with Crippen LogP contribution < -0.4 is 5.32 Å². The summed E-state index contributed by atoms with van der Waals surface area (Å²) in [6.45, 7) is 6.06. The third-order valence-electron chi connectivity index (χ3n) is 4.54. The zero-order valence-electron chi connectivity index (χ0n) is 14.9. The van der Waals surface area contributed by atoms with Gasteiger partial charge in [-0.2, -0.15) is 13.2 Å². The summed E-state index contributed by atoms with van der Waals surface area (Å²) >= 11 is 0. The smallest absolute Gasteiger partial charge is 0.388 e. The summed E-state index contributed by atoms with van der Waals surface area (Å²) in [5.41, 5.74) is -0.448. The molecule has 26 heavy (non-hydrogen) atoms. The molecular weight excluding hydrogens is 347 g/mol. The Labute approximate surface area is 151 Å². The minimum Gasteiger partial charge on any atom is -0.388 e. The number of benzene rings is 1. The van der Waals surface area contributed by atoms with E-state index in [1.807, 2.05) is 6.92 Å². The van der Waals surface area contributed by atoms with E-state index < -0.39 is 17.8 Å². The highest BCUT2D eigenvalue weighted by Crippen LogP contribution is 2.31. The largest absolute Gasteiger partial charge is 0.416 e. The van der Waals surface area contributed by atoms with Gasteiger partial charge in [-0.25, -0.2) is 4.79 Å². The standard InChI is InChI=1S/C18H26F3N3O2/c1-2-22-17(26)24-11-9-23(10-12-24)8-4-7-16(25)14-5-3-6-15(13-14)18(19,20)21/h3,5-6,13,16,25H,2,4,7-12H2,1H3,(H,22,26). The van der Waals surface area contributed by atoms with Crippen molar-refractivity contribution in [1.29, 1.82) is 0 Å². The van der Waals surface area contributed by atoms with Crippen LogP contribution in [0.5, 0.6) is 0 Å². The average Bonchev–Trinajstić information content (AvgIpc) is 2.62. The Kier molecular flexibility index (Phi) is 7.28. The van der Waals surface area contributed by atoms with Crippen LogP contribution in [0.2, 0.25) is 0 Å². The van der Waals surface area contributed by atoms with Crippen molar-refractivity contribution in [2.75, 3.05) is 39.3 Å². The van der Waals surface area contributed by atoms with Crippen molar-refractivity contribution in [2.45, 2.75) is 32.0 Å². The molecule has 1 atom stereocenters. The lowest BCUT2D eigenvalue weighted by Gasteiger charge is -2.34. The van der Waals surface area contributed by atoms with Crippen LogP contribution in [0.4, 0.5) is 18.0 Å². The van der Waals surface area contributed by atoms with Crippen molar-refractivity contribution >= 4 is 6.03 Å². The lowest BCUT2D eigenvalue weighted by Crippen LogP contribution is -2.51. The third kappa shape index (κ3) is 5.88. The second-order valence-electron chi connectivity index (χ2n) is 6.45. The number of hydrogen-bond donors (Lipinski definition) is 2. The lowest BCUT2D eigenvalue weighted by molar-refractivity contribution is -0.137. The minimum atomic E-state index is -4.40. The number of urea groups is 1. The van der Waals surface area contributed by atoms with Crippen LogP contribution in [0, 0.1) is 0 Å². The van der Waals surface area contributed by atoms with Crippen molar-refractivity contribution in [2.24, 2.45) is 0 Å². The maximum Gasteiger partial charge on any atom is 0.416 e. The summed E-state index contributed by atoms with van der Waals surface area (Å²) in [7, 11) is 0. The van der Waals surface area contributed by atoms with Crippen molar-refractivity contribution in [3.8, 4) is 0 Å². The number of halogens is 3. The van der Waals surface area contributed by atoms with Crippen LogP contribution in [-0.4, -0.2) is 60.2 Å². The number of alkyl halides is 3. The Bertz CT molecular complexity index is 587. The molecule has 0 aromatic heterocycles. The normalized spacial score (nSPS) is 17.2. The number of aliphatic hydroxyl groups is 1. The van der Waals surface area contributed by atoms with Gasteiger partial charge in [0.05, 0.1) is 11.7 Å². The first-order valence-electron chi connectivity index (χ1n) is 8.91. The molecule has 8 heteroatoms. The Morgan fingerprint density at radius 3 is 2.58 bits per heavy atom. The van der Waals surface area contributed by atoms with E-state index >= 15 is 0 Å². The summed E-state index contributed by atoms with van der Waals surface area (Å²) in [6.07, 6.45) is -4.23. The first kappa shape index (κ1) is 20.5. The van der Waals surface area contributed by atoms with Gasteiger partial charge >= 0.3 is 12.2 Å². The monoisotopic (exact) mass is 373 g/mol. The number of hydrogen-bond acceptors (Lipinski definition) is 3. The molecule has 1 aliphatic heterocycles. The van der Waals surface area contributed by atoms with Gasteiger partial charge in [-0.3, -0.25) is 4.90 Å². The Morgan fingerprint density at radius 2 is 1.96 bits per heavy atom. The number of piperazine rings is 1. The van der Waals surface area contributed by atoms with E-state index in [0.29, 0.717) is 38.0 Å². The first-order valence-corrected chi connectivity index (χ1v) is 8.91. The van der Waals surface area contributed by atoms with Crippen LogP contribution in [-0.2, 0) is 6.18 Å². The maximum atomic E-state index is 12.7. The molecule has 1 heterocycles. The zero-order chi connectivity index (χ0) is 19.2. The van der Waals surface area contributed by atoms with Crippen LogP contribution in [0.25, 0.3) is 0 Å². The van der Waals surface area contributed by atoms with E-state index in [9.17, 15) is 23.1 Å². The van der Waals surface area contributed by atoms with E-state index in [0.717, 1.165) is 31.8 Å². The van der Waals surface area contributed by atoms with E-state index in [2.05, 4.69) is 10.2 Å². The molecule has 1 aromatic rings. The second kappa shape index (κ2) is 9.23. The molecule has 0 saturated carbocycles. The van der Waals surface area contributed by atoms with Crippen molar-refractivity contribution in [1.82, 2.24) is 15.1 Å². The molecule has 1 unspecified atom stereocenters. The molecule has 1 aliphatic rings. The average molecular weight is 373 g/mol. The minimum absolute atomic E-state index is 0.0490. The van der Waals surface area contributed by atoms with Gasteiger partial charge in [0.1, 0.15) is 0 Å². The van der Waals surface area contributed by atoms with E-state index in [-0.39, 0.29) is 6.03 Å². The van der Waals surface area contributed by atoms with Gasteiger partial charge in [-0.1, -0.05) is 12.1 Å². The fraction of sp³-hybridized carbons (Fsp3) is 0.611. The molecule has 2 amide bonds. The van der Waals surface area contributed by atoms with Gasteiger partial charge in [-0.05, 0) is 44.0 Å². The molecule has 1 fully saturated rings. The van der Waals surface area contributed by atoms with E-state index in [1.165, 1.54) is 12.1 Å². The Balaban J connectivity index is 1.74. The van der Waals surface area contributed by atoms with Gasteiger partial charge in [0.15, 0.2) is 0 Å². The summed E-state index contributed by atoms with van der Waals surface area (Å²) < 4.78 is 38.2. The Morgan fingerprint density at radius 1 is 1.27 bits per heavy atom. The summed E-state index contributed by atoms with van der Waals surface area (Å²) in [5.74, 6) is 0. The highest BCUT2D eigenvalue weighted by atomic mass is 19.4. The second-order valence-corrected chi connectivity index (χ2v) is 6.45. The zero-order valence-corrected chi connectivity index (χ0v) is 14.9. The van der Waals surface area contributed by atoms with Gasteiger partial charge < -0.3 is 15.3 Å². The van der Waals surface area contributed by atoms with Crippen LogP contribution >= 0.6 is 0 Å². The van der Waals surface area contributed by atoms with Gasteiger partial charge in [-0.15, -0.1) is 0 Å². The van der Waals surface area contributed by atoms with Crippen LogP contribution in [0.3, 0.4) is 0 Å². The number of carbonyl (C=O) groups excluding carboxylic acids is 1. The topological polar surface area (TPSA) is 55.8 Å². The molecule has 2 rings (SSSR count). The molecule has 146 valence electrons. The number of nitrogens with zero attached hydrogens (tertiary/aromatic N) is 2. The number of amides is 2. The molecule has 0 bridgehead atoms. The van der Waals surface area contributed by atoms with Gasteiger partial charge in [0, 0.05) is 32.7 Å². The van der Waals surface area contributed by atoms with E-state index in [1.54, 1.807) is 4.90 Å². The van der Waals surface area contributed by atoms with Gasteiger partial charge in [0.2, 0.25) is 0 Å². The molecule has 5 nitrogen and oxygen atoms in total. The summed E-state index contributed by atoms with van der Waals surface area (Å²) in [5, 5.41) is 12.9. The number of aliphatic hydroxyl groups excluding tert-OH is 1. The highest BCUT2D eigenvalue weighted by Gasteiger charge is 2.30. The first-order chi connectivity index (χ1) is 12.3. The maximum absolute atomic E-state index is 12.7. The molecule has 1 aromatic carbocycles. The molecule has 0 radical (unpaired) electrons. The molecular formula is C18H26F3N3O2. The number of nitrogens with one attached hydrogen (secondary N) is 1. The fourth-order valence-corrected chi connectivity index (χ4v) is 3.03. The van der Waals surface area contributed by atoms with Crippen molar-refractivity contribution < 1.29 is 23.1 Å². The number of carbonyl (C=O) groups is 1. The summed E-state index contributed by atoms with van der Waals surface area (Å²) in [6, 6.07) is 4.81. The predicted octanol–water partition coefficient (Wildman–Crippen LogP) is 2.87. The quantitative estimate of drug-likeness (QED) is 0.806. The summed E-state index contributed by atoms with van der Waals surface area (Å²) in [4.78, 5) is 15.7. The third-order valence-corrected chi connectivity index (χ3v) is 4.54. The van der Waals surface area contributed by atoms with Crippen molar-refractivity contribution in [3.05, 3.63) is 35.4 Å². The Hall–Kier alpha value is -1.80. The SMILES string of the molecule is CCNC(=O)N1CCN(CCCC(O)c2cccc(C(F)(F)F)c2)CC1. The molecule has 2 N–H and O–H groups in total. The molecule has 1 saturated heterocycles. The molecule has 0 aliphatic carbocycles. The lowest BCUT2D eigenvalue weighted by atomic mass is 10.0. The van der Waals surface area contributed by atoms with Gasteiger partial charge in [0.25, 0.3) is 0 Å². The van der Waals surface area contributed by atoms with E-state index in [4.69, 9.17) is 0 Å².